The van der Waals surface area contributed by atoms with Crippen LogP contribution in [0, 0.1) is 13.8 Å². The highest BCUT2D eigenvalue weighted by atomic mass is 32.2. The molecule has 0 bridgehead atoms. The van der Waals surface area contributed by atoms with Crippen LogP contribution in [-0.4, -0.2) is 35.0 Å². The SMILES string of the molecule is CCC.CCC.COc1ccnc2c1CN(SC)c1c(C)c(C(OC(C)(C)C)C(=O)O)c(N)c(C)c1-2. The van der Waals surface area contributed by atoms with E-state index in [4.69, 9.17) is 15.2 Å². The number of pyridine rings is 1. The lowest BCUT2D eigenvalue weighted by Gasteiger charge is -2.36. The van der Waals surface area contributed by atoms with E-state index in [1.54, 1.807) is 25.3 Å². The van der Waals surface area contributed by atoms with E-state index in [1.807, 2.05) is 46.9 Å². The van der Waals surface area contributed by atoms with Crippen molar-refractivity contribution in [2.75, 3.05) is 23.4 Å². The number of nitrogens with two attached hydrogens (primary N) is 1. The zero-order valence-electron chi connectivity index (χ0n) is 23.9. The summed E-state index contributed by atoms with van der Waals surface area (Å²) in [5, 5.41) is 9.95. The molecule has 3 N–H and O–H groups in total. The van der Waals surface area contributed by atoms with Crippen LogP contribution in [-0.2, 0) is 16.1 Å². The molecule has 1 aromatic carbocycles. The highest BCUT2D eigenvalue weighted by Gasteiger charge is 2.36. The maximum Gasteiger partial charge on any atom is 0.337 e. The fraction of sp³-hybridized carbons (Fsp3) is 0.571. The molecule has 3 rings (SSSR count). The van der Waals surface area contributed by atoms with E-state index in [2.05, 4.69) is 37.0 Å². The Morgan fingerprint density at radius 1 is 1.19 bits per heavy atom. The highest BCUT2D eigenvalue weighted by Crippen LogP contribution is 2.51. The fourth-order valence-electron chi connectivity index (χ4n) is 3.97. The molecule has 8 heteroatoms. The van der Waals surface area contributed by atoms with Gasteiger partial charge in [0.15, 0.2) is 6.10 Å². The van der Waals surface area contributed by atoms with E-state index in [0.29, 0.717) is 17.8 Å². The zero-order valence-corrected chi connectivity index (χ0v) is 24.7. The number of nitrogen functional groups attached to an aromatic ring is 1. The van der Waals surface area contributed by atoms with Crippen LogP contribution in [0.4, 0.5) is 11.4 Å². The summed E-state index contributed by atoms with van der Waals surface area (Å²) in [5.74, 6) is -0.297. The van der Waals surface area contributed by atoms with Gasteiger partial charge in [-0.1, -0.05) is 52.5 Å². The molecule has 7 nitrogen and oxygen atoms in total. The van der Waals surface area contributed by atoms with Gasteiger partial charge in [-0.3, -0.25) is 4.98 Å². The Morgan fingerprint density at radius 2 is 1.75 bits per heavy atom. The molecular weight excluding hydrogens is 474 g/mol. The Bertz CT molecular complexity index is 1030. The number of fused-ring (bicyclic) bond motifs is 3. The third-order valence-electron chi connectivity index (χ3n) is 5.26. The molecule has 1 unspecified atom stereocenters. The van der Waals surface area contributed by atoms with E-state index < -0.39 is 17.7 Å². The molecule has 1 aliphatic heterocycles. The fourth-order valence-corrected chi connectivity index (χ4v) is 4.64. The van der Waals surface area contributed by atoms with Crippen molar-refractivity contribution in [2.24, 2.45) is 0 Å². The van der Waals surface area contributed by atoms with Gasteiger partial charge in [-0.15, -0.1) is 0 Å². The van der Waals surface area contributed by atoms with Crippen molar-refractivity contribution in [3.63, 3.8) is 0 Å². The van der Waals surface area contributed by atoms with E-state index in [0.717, 1.165) is 39.4 Å². The first-order valence-electron chi connectivity index (χ1n) is 12.5. The topological polar surface area (TPSA) is 97.9 Å². The third-order valence-corrected chi connectivity index (χ3v) is 6.02. The molecule has 2 aromatic rings. The Kier molecular flexibility index (Phi) is 12.1. The van der Waals surface area contributed by atoms with Crippen molar-refractivity contribution in [2.45, 2.75) is 93.4 Å². The monoisotopic (exact) mass is 519 g/mol. The second kappa shape index (κ2) is 13.7. The predicted octanol–water partition coefficient (Wildman–Crippen LogP) is 7.33. The zero-order chi connectivity index (χ0) is 27.8. The van der Waals surface area contributed by atoms with Gasteiger partial charge >= 0.3 is 5.97 Å². The van der Waals surface area contributed by atoms with Crippen LogP contribution < -0.4 is 14.8 Å². The molecule has 36 heavy (non-hydrogen) atoms. The van der Waals surface area contributed by atoms with Gasteiger partial charge in [0.25, 0.3) is 0 Å². The molecule has 0 radical (unpaired) electrons. The van der Waals surface area contributed by atoms with Gasteiger partial charge < -0.3 is 24.6 Å². The first-order chi connectivity index (χ1) is 16.8. The number of hydrogen-bond acceptors (Lipinski definition) is 7. The number of benzene rings is 1. The van der Waals surface area contributed by atoms with Crippen LogP contribution in [0.1, 0.15) is 89.7 Å². The Morgan fingerprint density at radius 3 is 2.19 bits per heavy atom. The summed E-state index contributed by atoms with van der Waals surface area (Å²) in [7, 11) is 1.64. The molecule has 202 valence electrons. The van der Waals surface area contributed by atoms with Crippen LogP contribution in [0.5, 0.6) is 5.75 Å². The number of nitrogens with zero attached hydrogens (tertiary/aromatic N) is 2. The lowest BCUT2D eigenvalue weighted by atomic mass is 9.86. The highest BCUT2D eigenvalue weighted by molar-refractivity contribution is 7.99. The van der Waals surface area contributed by atoms with Gasteiger partial charge in [0.1, 0.15) is 5.75 Å². The van der Waals surface area contributed by atoms with Crippen LogP contribution in [0.25, 0.3) is 11.3 Å². The number of aromatic nitrogens is 1. The molecule has 0 saturated heterocycles. The maximum atomic E-state index is 12.2. The molecule has 1 aliphatic rings. The van der Waals surface area contributed by atoms with Crippen LogP contribution >= 0.6 is 11.9 Å². The van der Waals surface area contributed by atoms with Gasteiger partial charge in [0.2, 0.25) is 0 Å². The van der Waals surface area contributed by atoms with E-state index >= 15 is 0 Å². The summed E-state index contributed by atoms with van der Waals surface area (Å²) in [6.45, 7) is 18.4. The third kappa shape index (κ3) is 7.07. The lowest BCUT2D eigenvalue weighted by molar-refractivity contribution is -0.160. The molecule has 0 spiro atoms. The predicted molar refractivity (Wildman–Crippen MR) is 153 cm³/mol. The Balaban J connectivity index is 0.000000982. The average molecular weight is 520 g/mol. The second-order valence-corrected chi connectivity index (χ2v) is 10.5. The van der Waals surface area contributed by atoms with Gasteiger partial charge in [-0.05, 0) is 51.8 Å². The molecule has 0 saturated carbocycles. The number of carbonyl (C=O) groups is 1. The number of rotatable bonds is 5. The summed E-state index contributed by atoms with van der Waals surface area (Å²) < 4.78 is 13.6. The van der Waals surface area contributed by atoms with Gasteiger partial charge in [-0.2, -0.15) is 0 Å². The normalized spacial score (nSPS) is 12.8. The van der Waals surface area contributed by atoms with E-state index in [9.17, 15) is 9.90 Å². The largest absolute Gasteiger partial charge is 0.496 e. The van der Waals surface area contributed by atoms with Crippen molar-refractivity contribution in [3.8, 4) is 17.0 Å². The van der Waals surface area contributed by atoms with Crippen molar-refractivity contribution >= 4 is 29.3 Å². The first-order valence-corrected chi connectivity index (χ1v) is 13.7. The minimum Gasteiger partial charge on any atom is -0.496 e. The van der Waals surface area contributed by atoms with E-state index in [1.165, 1.54) is 12.8 Å². The molecule has 1 atom stereocenters. The molecular formula is C28H45N3O4S. The average Bonchev–Trinajstić information content (AvgIpc) is 2.80. The Labute approximate surface area is 221 Å². The van der Waals surface area contributed by atoms with Crippen molar-refractivity contribution < 1.29 is 19.4 Å². The first kappa shape index (κ1) is 31.6. The number of carboxylic acid groups (broad SMARTS) is 1. The Hall–Kier alpha value is -2.45. The molecule has 0 aliphatic carbocycles. The van der Waals surface area contributed by atoms with Gasteiger partial charge in [0.05, 0.1) is 30.6 Å². The molecule has 0 amide bonds. The summed E-state index contributed by atoms with van der Waals surface area (Å²) in [6, 6.07) is 1.85. The number of anilines is 2. The van der Waals surface area contributed by atoms with E-state index in [-0.39, 0.29) is 0 Å². The second-order valence-electron chi connectivity index (χ2n) is 9.72. The molecule has 0 fully saturated rings. The lowest BCUT2D eigenvalue weighted by Crippen LogP contribution is -2.30. The van der Waals surface area contributed by atoms with Gasteiger partial charge in [-0.25, -0.2) is 4.79 Å². The van der Waals surface area contributed by atoms with Crippen molar-refractivity contribution in [3.05, 3.63) is 34.5 Å². The smallest absolute Gasteiger partial charge is 0.337 e. The number of hydrogen-bond donors (Lipinski definition) is 2. The van der Waals surface area contributed by atoms with Crippen molar-refractivity contribution in [1.29, 1.82) is 0 Å². The van der Waals surface area contributed by atoms with Crippen LogP contribution in [0.3, 0.4) is 0 Å². The maximum absolute atomic E-state index is 12.2. The summed E-state index contributed by atoms with van der Waals surface area (Å²) in [5.41, 5.74) is 12.0. The van der Waals surface area contributed by atoms with Crippen LogP contribution in [0.15, 0.2) is 12.3 Å². The molecule has 2 heterocycles. The standard InChI is InChI=1S/C22H29N3O4S.2C3H8/c1-11-16-18-13(14(28-6)8-9-24-18)10-25(30-7)19(16)12(2)15(17(11)23)20(21(26)27)29-22(3,4)5;2*1-3-2/h8-9,20H,10,23H2,1-7H3,(H,26,27);2*3H2,1-2H3. The minimum atomic E-state index is -1.17. The van der Waals surface area contributed by atoms with Gasteiger partial charge in [0, 0.05) is 34.8 Å². The number of carboxylic acids is 1. The van der Waals surface area contributed by atoms with Crippen LogP contribution in [0.2, 0.25) is 0 Å². The summed E-state index contributed by atoms with van der Waals surface area (Å²) in [4.78, 5) is 16.8. The quantitative estimate of drug-likeness (QED) is 0.313. The summed E-state index contributed by atoms with van der Waals surface area (Å²) >= 11 is 1.56. The summed E-state index contributed by atoms with van der Waals surface area (Å²) in [6.07, 6.45) is 5.04. The number of ether oxygens (including phenoxy) is 2. The number of aliphatic carboxylic acids is 1. The number of methoxy groups -OCH3 is 1. The minimum absolute atomic E-state index is 0.418. The molecule has 1 aromatic heterocycles. The van der Waals surface area contributed by atoms with Crippen molar-refractivity contribution in [1.82, 2.24) is 4.98 Å².